The lowest BCUT2D eigenvalue weighted by molar-refractivity contribution is -0.122. The van der Waals surface area contributed by atoms with Crippen molar-refractivity contribution in [3.8, 4) is 5.75 Å². The molecule has 2 amide bonds. The van der Waals surface area contributed by atoms with Crippen LogP contribution in [0.4, 0.5) is 0 Å². The Hall–Kier alpha value is -2.04. The summed E-state index contributed by atoms with van der Waals surface area (Å²) in [6.45, 7) is 4.89. The molecule has 1 aromatic carbocycles. The zero-order valence-corrected chi connectivity index (χ0v) is 12.1. The van der Waals surface area contributed by atoms with E-state index in [0.29, 0.717) is 32.5 Å². The smallest absolute Gasteiger partial charge is 0.220 e. The number of amides is 2. The number of carbonyl (C=O) groups excluding carboxylic acids is 2. The molecule has 5 nitrogen and oxygen atoms in total. The molecule has 0 saturated heterocycles. The highest BCUT2D eigenvalue weighted by atomic mass is 16.5. The Balaban J connectivity index is 2.06. The summed E-state index contributed by atoms with van der Waals surface area (Å²) >= 11 is 0. The molecule has 0 radical (unpaired) electrons. The molecule has 0 bridgehead atoms. The molecule has 0 spiro atoms. The summed E-state index contributed by atoms with van der Waals surface area (Å²) in [5.74, 6) is 0.713. The standard InChI is InChI=1S/C15H22N2O3/c1-12-5-3-6-14(11-12)20-10-4-7-15(19)17-9-8-16-13(2)18/h3,5-6,11H,4,7-10H2,1-2H3,(H,16,18)(H,17,19). The highest BCUT2D eigenvalue weighted by molar-refractivity contribution is 5.76. The van der Waals surface area contributed by atoms with E-state index >= 15 is 0 Å². The van der Waals surface area contributed by atoms with Crippen LogP contribution in [0.25, 0.3) is 0 Å². The summed E-state index contributed by atoms with van der Waals surface area (Å²) in [6.07, 6.45) is 1.09. The van der Waals surface area contributed by atoms with E-state index in [2.05, 4.69) is 10.6 Å². The largest absolute Gasteiger partial charge is 0.494 e. The van der Waals surface area contributed by atoms with Crippen LogP contribution in [0.15, 0.2) is 24.3 Å². The van der Waals surface area contributed by atoms with Crippen LogP contribution in [-0.4, -0.2) is 31.5 Å². The summed E-state index contributed by atoms with van der Waals surface area (Å²) in [5.41, 5.74) is 1.15. The summed E-state index contributed by atoms with van der Waals surface area (Å²) < 4.78 is 5.56. The van der Waals surface area contributed by atoms with E-state index in [1.807, 2.05) is 31.2 Å². The van der Waals surface area contributed by atoms with Gasteiger partial charge in [-0.05, 0) is 31.0 Å². The number of ether oxygens (including phenoxy) is 1. The second kappa shape index (κ2) is 8.96. The van der Waals surface area contributed by atoms with Crippen molar-refractivity contribution in [3.63, 3.8) is 0 Å². The van der Waals surface area contributed by atoms with Gasteiger partial charge in [-0.25, -0.2) is 0 Å². The van der Waals surface area contributed by atoms with Crippen LogP contribution in [0.5, 0.6) is 5.75 Å². The van der Waals surface area contributed by atoms with Crippen LogP contribution in [0.3, 0.4) is 0 Å². The Bertz CT molecular complexity index is 446. The molecule has 0 aliphatic rings. The van der Waals surface area contributed by atoms with Gasteiger partial charge in [0.15, 0.2) is 0 Å². The zero-order valence-electron chi connectivity index (χ0n) is 12.1. The number of benzene rings is 1. The molecule has 0 aliphatic heterocycles. The second-order valence-corrected chi connectivity index (χ2v) is 4.60. The van der Waals surface area contributed by atoms with Gasteiger partial charge in [0.2, 0.25) is 11.8 Å². The van der Waals surface area contributed by atoms with Crippen molar-refractivity contribution in [1.29, 1.82) is 0 Å². The van der Waals surface area contributed by atoms with E-state index in [1.54, 1.807) is 0 Å². The fraction of sp³-hybridized carbons (Fsp3) is 0.467. The number of hydrogen-bond donors (Lipinski definition) is 2. The van der Waals surface area contributed by atoms with E-state index < -0.39 is 0 Å². The maximum Gasteiger partial charge on any atom is 0.220 e. The van der Waals surface area contributed by atoms with E-state index in [-0.39, 0.29) is 11.8 Å². The van der Waals surface area contributed by atoms with Crippen molar-refractivity contribution in [3.05, 3.63) is 29.8 Å². The lowest BCUT2D eigenvalue weighted by Gasteiger charge is -2.07. The zero-order chi connectivity index (χ0) is 14.8. The number of carbonyl (C=O) groups is 2. The van der Waals surface area contributed by atoms with Gasteiger partial charge in [-0.15, -0.1) is 0 Å². The molecule has 0 heterocycles. The van der Waals surface area contributed by atoms with Gasteiger partial charge in [0.05, 0.1) is 6.61 Å². The van der Waals surface area contributed by atoms with Crippen molar-refractivity contribution in [1.82, 2.24) is 10.6 Å². The number of nitrogens with one attached hydrogen (secondary N) is 2. The molecule has 110 valence electrons. The third-order valence-electron chi connectivity index (χ3n) is 2.63. The molecule has 0 atom stereocenters. The Labute approximate surface area is 119 Å². The first-order chi connectivity index (χ1) is 9.58. The van der Waals surface area contributed by atoms with Gasteiger partial charge in [-0.2, -0.15) is 0 Å². The minimum absolute atomic E-state index is 0.0248. The lowest BCUT2D eigenvalue weighted by Crippen LogP contribution is -2.33. The maximum absolute atomic E-state index is 11.5. The number of rotatable bonds is 8. The molecule has 2 N–H and O–H groups in total. The van der Waals surface area contributed by atoms with Crippen molar-refractivity contribution < 1.29 is 14.3 Å². The lowest BCUT2D eigenvalue weighted by atomic mass is 10.2. The van der Waals surface area contributed by atoms with Gasteiger partial charge in [-0.3, -0.25) is 9.59 Å². The minimum Gasteiger partial charge on any atom is -0.494 e. The first-order valence-electron chi connectivity index (χ1n) is 6.78. The molecular formula is C15H22N2O3. The van der Waals surface area contributed by atoms with E-state index in [4.69, 9.17) is 4.74 Å². The molecule has 0 unspecified atom stereocenters. The molecule has 20 heavy (non-hydrogen) atoms. The molecule has 0 fully saturated rings. The van der Waals surface area contributed by atoms with Gasteiger partial charge >= 0.3 is 0 Å². The molecule has 0 saturated carbocycles. The first-order valence-corrected chi connectivity index (χ1v) is 6.78. The third-order valence-corrected chi connectivity index (χ3v) is 2.63. The van der Waals surface area contributed by atoms with Crippen molar-refractivity contribution in [2.24, 2.45) is 0 Å². The first kappa shape index (κ1) is 16.0. The topological polar surface area (TPSA) is 67.4 Å². The summed E-state index contributed by atoms with van der Waals surface area (Å²) in [7, 11) is 0. The molecular weight excluding hydrogens is 256 g/mol. The van der Waals surface area contributed by atoms with Gasteiger partial charge in [0.25, 0.3) is 0 Å². The molecule has 0 aromatic heterocycles. The quantitative estimate of drug-likeness (QED) is 0.706. The SMILES string of the molecule is CC(=O)NCCNC(=O)CCCOc1cccc(C)c1. The Morgan fingerprint density at radius 3 is 2.65 bits per heavy atom. The Morgan fingerprint density at radius 1 is 1.20 bits per heavy atom. The third kappa shape index (κ3) is 7.41. The number of hydrogen-bond acceptors (Lipinski definition) is 3. The van der Waals surface area contributed by atoms with E-state index in [9.17, 15) is 9.59 Å². The summed E-state index contributed by atoms with van der Waals surface area (Å²) in [5, 5.41) is 5.35. The van der Waals surface area contributed by atoms with Crippen LogP contribution in [0.2, 0.25) is 0 Å². The molecule has 1 aromatic rings. The highest BCUT2D eigenvalue weighted by Crippen LogP contribution is 2.12. The fourth-order valence-electron chi connectivity index (χ4n) is 1.66. The maximum atomic E-state index is 11.5. The highest BCUT2D eigenvalue weighted by Gasteiger charge is 2.01. The van der Waals surface area contributed by atoms with Crippen LogP contribution < -0.4 is 15.4 Å². The van der Waals surface area contributed by atoms with Gasteiger partial charge in [0, 0.05) is 26.4 Å². The van der Waals surface area contributed by atoms with E-state index in [0.717, 1.165) is 11.3 Å². The average Bonchev–Trinajstić information content (AvgIpc) is 2.40. The monoisotopic (exact) mass is 278 g/mol. The van der Waals surface area contributed by atoms with Gasteiger partial charge in [0.1, 0.15) is 5.75 Å². The van der Waals surface area contributed by atoms with Gasteiger partial charge in [-0.1, -0.05) is 12.1 Å². The predicted molar refractivity (Wildman–Crippen MR) is 77.6 cm³/mol. The molecule has 0 aliphatic carbocycles. The van der Waals surface area contributed by atoms with E-state index in [1.165, 1.54) is 6.92 Å². The molecule has 1 rings (SSSR count). The van der Waals surface area contributed by atoms with Crippen LogP contribution in [0, 0.1) is 6.92 Å². The van der Waals surface area contributed by atoms with Crippen molar-refractivity contribution in [2.45, 2.75) is 26.7 Å². The van der Waals surface area contributed by atoms with Crippen LogP contribution in [0.1, 0.15) is 25.3 Å². The second-order valence-electron chi connectivity index (χ2n) is 4.60. The fourth-order valence-corrected chi connectivity index (χ4v) is 1.66. The predicted octanol–water partition coefficient (Wildman–Crippen LogP) is 1.41. The normalized spacial score (nSPS) is 9.90. The Kier molecular flexibility index (Phi) is 7.17. The van der Waals surface area contributed by atoms with Crippen LogP contribution in [-0.2, 0) is 9.59 Å². The van der Waals surface area contributed by atoms with Crippen molar-refractivity contribution >= 4 is 11.8 Å². The minimum atomic E-state index is -0.0918. The summed E-state index contributed by atoms with van der Waals surface area (Å²) in [6, 6.07) is 7.82. The number of aryl methyl sites for hydroxylation is 1. The Morgan fingerprint density at radius 2 is 1.95 bits per heavy atom. The average molecular weight is 278 g/mol. The van der Waals surface area contributed by atoms with Crippen molar-refractivity contribution in [2.75, 3.05) is 19.7 Å². The molecule has 5 heteroatoms. The van der Waals surface area contributed by atoms with Crippen LogP contribution >= 0.6 is 0 Å². The van der Waals surface area contributed by atoms with Gasteiger partial charge < -0.3 is 15.4 Å². The summed E-state index contributed by atoms with van der Waals surface area (Å²) in [4.78, 5) is 22.1.